The Kier molecular flexibility index (Phi) is 15.8. The number of carbonyl (C=O) groups is 6. The number of ether oxygens (including phenoxy) is 10. The predicted octanol–water partition coefficient (Wildman–Crippen LogP) is 2.84. The van der Waals surface area contributed by atoms with Gasteiger partial charge in [-0.15, -0.1) is 0 Å². The molecule has 0 unspecified atom stereocenters. The summed E-state index contributed by atoms with van der Waals surface area (Å²) in [5.74, 6) is -4.10. The number of methoxy groups -OCH3 is 1. The summed E-state index contributed by atoms with van der Waals surface area (Å²) in [6.45, 7) is 15.8. The molecule has 19 heteroatoms. The highest BCUT2D eigenvalue weighted by molar-refractivity contribution is 6.74. The second-order valence-corrected chi connectivity index (χ2v) is 19.6. The second-order valence-electron chi connectivity index (χ2n) is 14.9. The van der Waals surface area contributed by atoms with Crippen molar-refractivity contribution >= 4 is 44.1 Å². The maximum absolute atomic E-state index is 12.5. The Bertz CT molecular complexity index is 1590. The van der Waals surface area contributed by atoms with Crippen molar-refractivity contribution in [3.05, 3.63) is 23.8 Å². The number of aliphatic hydroxyl groups excluding tert-OH is 1. The molecule has 1 aromatic rings. The average molecular weight is 815 g/mol. The Morgan fingerprint density at radius 2 is 1.12 bits per heavy atom. The molecule has 314 valence electrons. The quantitative estimate of drug-likeness (QED) is 0.162. The summed E-state index contributed by atoms with van der Waals surface area (Å²) in [5, 5.41) is 12.0. The monoisotopic (exact) mass is 814 g/mol. The topological polar surface area (TPSA) is 224 Å². The van der Waals surface area contributed by atoms with Gasteiger partial charge in [-0.1, -0.05) is 26.8 Å². The van der Waals surface area contributed by atoms with Crippen LogP contribution in [-0.4, -0.2) is 125 Å². The lowest BCUT2D eigenvalue weighted by Gasteiger charge is -2.48. The molecule has 10 atom stereocenters. The highest BCUT2D eigenvalue weighted by Gasteiger charge is 2.57. The van der Waals surface area contributed by atoms with E-state index in [-0.39, 0.29) is 5.04 Å². The number of rotatable bonds is 14. The average Bonchev–Trinajstić information content (AvgIpc) is 3.06. The molecule has 2 aliphatic rings. The molecule has 0 radical (unpaired) electrons. The van der Waals surface area contributed by atoms with E-state index in [1.54, 1.807) is 18.2 Å². The lowest BCUT2D eigenvalue weighted by molar-refractivity contribution is -0.345. The molecule has 0 amide bonds. The van der Waals surface area contributed by atoms with E-state index in [9.17, 15) is 33.9 Å². The lowest BCUT2D eigenvalue weighted by atomic mass is 9.90. The third kappa shape index (κ3) is 12.1. The van der Waals surface area contributed by atoms with E-state index in [2.05, 4.69) is 20.8 Å². The molecule has 2 saturated heterocycles. The zero-order valence-electron chi connectivity index (χ0n) is 33.8. The second kappa shape index (κ2) is 19.2. The number of carbonyl (C=O) groups excluding carboxylic acids is 6. The highest BCUT2D eigenvalue weighted by Crippen LogP contribution is 2.44. The van der Waals surface area contributed by atoms with Gasteiger partial charge in [0.2, 0.25) is 0 Å². The molecule has 0 aromatic heterocycles. The van der Waals surface area contributed by atoms with Gasteiger partial charge in [0.1, 0.15) is 49.5 Å². The number of hydrogen-bond donors (Lipinski definition) is 1. The molecule has 0 bridgehead atoms. The van der Waals surface area contributed by atoms with Gasteiger partial charge in [-0.05, 0) is 35.8 Å². The van der Waals surface area contributed by atoms with Gasteiger partial charge in [0.15, 0.2) is 36.5 Å². The fraction of sp³-hybridized carbons (Fsp3) is 0.676. The van der Waals surface area contributed by atoms with Crippen molar-refractivity contribution in [2.75, 3.05) is 20.3 Å². The zero-order valence-corrected chi connectivity index (χ0v) is 34.8. The van der Waals surface area contributed by atoms with E-state index in [0.29, 0.717) is 17.1 Å². The van der Waals surface area contributed by atoms with Crippen LogP contribution in [0.3, 0.4) is 0 Å². The molecule has 0 spiro atoms. The minimum Gasteiger partial charge on any atom is -0.541 e. The Morgan fingerprint density at radius 1 is 0.661 bits per heavy atom. The maximum atomic E-state index is 12.5. The third-order valence-electron chi connectivity index (χ3n) is 9.34. The van der Waals surface area contributed by atoms with Crippen molar-refractivity contribution in [2.24, 2.45) is 0 Å². The van der Waals surface area contributed by atoms with Gasteiger partial charge in [0.05, 0.1) is 7.11 Å². The highest BCUT2D eigenvalue weighted by atomic mass is 28.4. The van der Waals surface area contributed by atoms with Gasteiger partial charge in [0.25, 0.3) is 8.32 Å². The molecule has 3 rings (SSSR count). The van der Waals surface area contributed by atoms with Gasteiger partial charge in [-0.2, -0.15) is 0 Å². The number of hydrogen-bond acceptors (Lipinski definition) is 18. The van der Waals surface area contributed by atoms with Crippen molar-refractivity contribution < 1.29 is 85.7 Å². The number of benzene rings is 1. The molecule has 1 N–H and O–H groups in total. The maximum Gasteiger partial charge on any atom is 0.303 e. The summed E-state index contributed by atoms with van der Waals surface area (Å²) in [5.41, 5.74) is 0.358. The Morgan fingerprint density at radius 3 is 1.59 bits per heavy atom. The van der Waals surface area contributed by atoms with Crippen LogP contribution in [0.4, 0.5) is 0 Å². The van der Waals surface area contributed by atoms with Gasteiger partial charge in [-0.25, -0.2) is 0 Å². The largest absolute Gasteiger partial charge is 0.541 e. The van der Waals surface area contributed by atoms with Gasteiger partial charge in [-0.3, -0.25) is 28.8 Å². The third-order valence-corrected chi connectivity index (χ3v) is 13.7. The van der Waals surface area contributed by atoms with E-state index in [1.165, 1.54) is 7.11 Å². The molecule has 18 nitrogen and oxygen atoms in total. The molecule has 1 aromatic carbocycles. The fourth-order valence-electron chi connectivity index (χ4n) is 5.86. The molecule has 56 heavy (non-hydrogen) atoms. The first-order valence-electron chi connectivity index (χ1n) is 17.9. The Hall–Kier alpha value is -4.30. The van der Waals surface area contributed by atoms with Crippen LogP contribution >= 0.6 is 0 Å². The normalized spacial score (nSPS) is 27.9. The zero-order chi connectivity index (χ0) is 42.3. The van der Waals surface area contributed by atoms with Crippen LogP contribution in [-0.2, 0) is 71.4 Å². The first-order valence-corrected chi connectivity index (χ1v) is 20.8. The molecule has 0 aliphatic carbocycles. The van der Waals surface area contributed by atoms with E-state index < -0.39 is 119 Å². The number of esters is 6. The summed E-state index contributed by atoms with van der Waals surface area (Å²) in [7, 11) is -0.968. The van der Waals surface area contributed by atoms with Crippen molar-refractivity contribution in [2.45, 2.75) is 142 Å². The van der Waals surface area contributed by atoms with Crippen molar-refractivity contribution in [1.29, 1.82) is 0 Å². The Labute approximate surface area is 326 Å². The van der Waals surface area contributed by atoms with Crippen LogP contribution in [0.15, 0.2) is 18.2 Å². The lowest BCUT2D eigenvalue weighted by Crippen LogP contribution is -2.66. The van der Waals surface area contributed by atoms with E-state index >= 15 is 0 Å². The van der Waals surface area contributed by atoms with Crippen LogP contribution in [0.1, 0.15) is 74.0 Å². The van der Waals surface area contributed by atoms with E-state index in [1.807, 2.05) is 13.1 Å². The van der Waals surface area contributed by atoms with Crippen molar-refractivity contribution in [3.63, 3.8) is 0 Å². The first-order chi connectivity index (χ1) is 25.9. The minimum atomic E-state index is -2.45. The van der Waals surface area contributed by atoms with E-state index in [4.69, 9.17) is 51.8 Å². The standard InChI is InChI=1S/C37H54O18Si/c1-18(38)46-16-27-31(48-20(3)40)33(29(44)30(52-27)24-13-14-25(45-10)26(15-24)55-56(11,12)37(7,8)9)54-36-35(51-23(6)43)34(50-22(5)42)32(49-21(4)41)28(53-36)17-47-19(2)39/h13-15,27-36,44H,16-17H2,1-12H3/t27-,28-,29-,30-,31-,32-,33-,34-,35-,36-/m1/s1. The predicted molar refractivity (Wildman–Crippen MR) is 193 cm³/mol. The van der Waals surface area contributed by atoms with Crippen LogP contribution < -0.4 is 9.16 Å². The number of aliphatic hydroxyl groups is 1. The molecule has 0 saturated carbocycles. The summed E-state index contributed by atoms with van der Waals surface area (Å²) >= 11 is 0. The fourth-order valence-corrected chi connectivity index (χ4v) is 6.87. The molecular formula is C37H54O18Si. The molecule has 2 heterocycles. The van der Waals surface area contributed by atoms with Gasteiger partial charge >= 0.3 is 35.8 Å². The smallest absolute Gasteiger partial charge is 0.303 e. The summed E-state index contributed by atoms with van der Waals surface area (Å²) in [6, 6.07) is 4.88. The summed E-state index contributed by atoms with van der Waals surface area (Å²) in [4.78, 5) is 73.6. The summed E-state index contributed by atoms with van der Waals surface area (Å²) < 4.78 is 63.6. The molecular weight excluding hydrogens is 760 g/mol. The van der Waals surface area contributed by atoms with Crippen LogP contribution in [0.2, 0.25) is 18.1 Å². The van der Waals surface area contributed by atoms with Crippen molar-refractivity contribution in [1.82, 2.24) is 0 Å². The van der Waals surface area contributed by atoms with Crippen molar-refractivity contribution in [3.8, 4) is 11.5 Å². The van der Waals surface area contributed by atoms with E-state index in [0.717, 1.165) is 41.5 Å². The SMILES string of the molecule is COc1ccc([C@H]2O[C@H](COC(C)=O)[C@@H](OC(C)=O)[C@H](O[C@H]3O[C@H](COC(C)=O)[C@@H](OC(C)=O)[C@@H](OC(C)=O)[C@H]3OC(C)=O)[C@@H]2O)cc1O[Si](C)(C)C(C)(C)C. The van der Waals surface area contributed by atoms with Gasteiger partial charge in [0, 0.05) is 41.5 Å². The minimum absolute atomic E-state index is 0.204. The van der Waals surface area contributed by atoms with Gasteiger partial charge < -0.3 is 56.9 Å². The summed E-state index contributed by atoms with van der Waals surface area (Å²) in [6.07, 6.45) is -15.4. The first kappa shape index (κ1) is 46.1. The van der Waals surface area contributed by atoms with Crippen LogP contribution in [0.25, 0.3) is 0 Å². The molecule has 2 aliphatic heterocycles. The van der Waals surface area contributed by atoms with Crippen LogP contribution in [0, 0.1) is 0 Å². The molecule has 2 fully saturated rings. The Balaban J connectivity index is 2.22. The van der Waals surface area contributed by atoms with Crippen LogP contribution in [0.5, 0.6) is 11.5 Å².